The molecule has 0 fully saturated rings. The van der Waals surface area contributed by atoms with E-state index in [2.05, 4.69) is 10.1 Å². The monoisotopic (exact) mass is 237 g/mol. The van der Waals surface area contributed by atoms with Gasteiger partial charge in [-0.1, -0.05) is 6.92 Å². The molecule has 5 nitrogen and oxygen atoms in total. The van der Waals surface area contributed by atoms with E-state index >= 15 is 0 Å². The molecule has 0 aliphatic heterocycles. The number of hydrogen-bond donors (Lipinski definition) is 1. The van der Waals surface area contributed by atoms with E-state index in [4.69, 9.17) is 0 Å². The lowest BCUT2D eigenvalue weighted by Gasteiger charge is -2.04. The summed E-state index contributed by atoms with van der Waals surface area (Å²) in [5.74, 6) is -1.15. The molecule has 6 heteroatoms. The zero-order chi connectivity index (χ0) is 11.7. The molecule has 0 unspecified atom stereocenters. The van der Waals surface area contributed by atoms with Crippen molar-refractivity contribution in [1.82, 2.24) is 5.32 Å². The number of ether oxygens (including phenoxy) is 1. The quantitative estimate of drug-likeness (QED) is 0.474. The van der Waals surface area contributed by atoms with Crippen LogP contribution in [0, 0.1) is 0 Å². The van der Waals surface area contributed by atoms with Crippen molar-refractivity contribution < 1.29 is 17.9 Å². The Bertz CT molecular complexity index is 274. The van der Waals surface area contributed by atoms with Gasteiger partial charge in [-0.3, -0.25) is 4.79 Å². The normalized spacial score (nSPS) is 11.3. The topological polar surface area (TPSA) is 72.5 Å². The largest absolute Gasteiger partial charge is 0.465 e. The van der Waals surface area contributed by atoms with Gasteiger partial charge in [-0.15, -0.1) is 0 Å². The molecule has 0 spiro atoms. The highest BCUT2D eigenvalue weighted by Gasteiger charge is 2.16. The lowest BCUT2D eigenvalue weighted by molar-refractivity contribution is -0.139. The third-order valence-corrected chi connectivity index (χ3v) is 3.29. The Morgan fingerprint density at radius 1 is 1.33 bits per heavy atom. The second-order valence-electron chi connectivity index (χ2n) is 3.10. The van der Waals surface area contributed by atoms with Gasteiger partial charge in [0.05, 0.1) is 12.4 Å². The van der Waals surface area contributed by atoms with Crippen molar-refractivity contribution in [3.63, 3.8) is 0 Å². The second-order valence-corrected chi connectivity index (χ2v) is 5.29. The Balaban J connectivity index is 3.82. The maximum atomic E-state index is 11.4. The summed E-state index contributed by atoms with van der Waals surface area (Å²) < 4.78 is 27.3. The van der Waals surface area contributed by atoms with Crippen LogP contribution in [0.25, 0.3) is 0 Å². The van der Waals surface area contributed by atoms with Gasteiger partial charge in [-0.2, -0.15) is 0 Å². The van der Waals surface area contributed by atoms with E-state index in [0.29, 0.717) is 13.0 Å². The summed E-state index contributed by atoms with van der Waals surface area (Å²) in [7, 11) is -3.30. The van der Waals surface area contributed by atoms with Crippen LogP contribution in [0.2, 0.25) is 0 Å². The molecule has 0 saturated heterocycles. The molecule has 0 aliphatic rings. The molecule has 90 valence electrons. The van der Waals surface area contributed by atoms with E-state index in [-0.39, 0.29) is 12.4 Å². The third kappa shape index (κ3) is 8.38. The van der Waals surface area contributed by atoms with Crippen LogP contribution in [0.4, 0.5) is 0 Å². The average molecular weight is 237 g/mol. The van der Waals surface area contributed by atoms with Gasteiger partial charge in [0.15, 0.2) is 9.84 Å². The van der Waals surface area contributed by atoms with Crippen LogP contribution >= 0.6 is 0 Å². The van der Waals surface area contributed by atoms with Crippen LogP contribution in [0.5, 0.6) is 0 Å². The number of sulfone groups is 1. The molecule has 0 aromatic heterocycles. The van der Waals surface area contributed by atoms with Crippen molar-refractivity contribution in [3.8, 4) is 0 Å². The molecule has 15 heavy (non-hydrogen) atoms. The van der Waals surface area contributed by atoms with E-state index in [1.165, 1.54) is 0 Å². The smallest absolute Gasteiger partial charge is 0.321 e. The molecule has 0 amide bonds. The molecule has 0 bridgehead atoms. The Kier molecular flexibility index (Phi) is 7.33. The molecule has 0 radical (unpaired) electrons. The standard InChI is InChI=1S/C9H19NO4S/c1-3-10-6-5-7-15(12,13)8-9(11)14-4-2/h10H,3-8H2,1-2H3. The summed E-state index contributed by atoms with van der Waals surface area (Å²) in [6.45, 7) is 5.28. The number of carbonyl (C=O) groups is 1. The summed E-state index contributed by atoms with van der Waals surface area (Å²) in [4.78, 5) is 10.9. The van der Waals surface area contributed by atoms with Crippen molar-refractivity contribution in [2.24, 2.45) is 0 Å². The van der Waals surface area contributed by atoms with Crippen LogP contribution < -0.4 is 5.32 Å². The minimum absolute atomic E-state index is 0.0266. The molecule has 0 aromatic rings. The first-order chi connectivity index (χ1) is 7.02. The van der Waals surface area contributed by atoms with Crippen LogP contribution in [0.1, 0.15) is 20.3 Å². The number of rotatable bonds is 8. The van der Waals surface area contributed by atoms with E-state index in [9.17, 15) is 13.2 Å². The van der Waals surface area contributed by atoms with Gasteiger partial charge in [-0.25, -0.2) is 8.42 Å². The molecule has 0 atom stereocenters. The summed E-state index contributed by atoms with van der Waals surface area (Å²) in [5.41, 5.74) is 0. The summed E-state index contributed by atoms with van der Waals surface area (Å²) in [5, 5.41) is 3.02. The zero-order valence-electron chi connectivity index (χ0n) is 9.28. The summed E-state index contributed by atoms with van der Waals surface area (Å²) in [6, 6.07) is 0. The molecule has 0 aromatic carbocycles. The fourth-order valence-electron chi connectivity index (χ4n) is 1.05. The first-order valence-corrected chi connectivity index (χ1v) is 6.90. The fourth-order valence-corrected chi connectivity index (χ4v) is 2.22. The van der Waals surface area contributed by atoms with Crippen molar-refractivity contribution in [2.75, 3.05) is 31.2 Å². The average Bonchev–Trinajstić information content (AvgIpc) is 2.12. The maximum absolute atomic E-state index is 11.4. The Hall–Kier alpha value is -0.620. The number of carbonyl (C=O) groups excluding carboxylic acids is 1. The van der Waals surface area contributed by atoms with E-state index in [1.54, 1.807) is 6.92 Å². The number of hydrogen-bond acceptors (Lipinski definition) is 5. The first-order valence-electron chi connectivity index (χ1n) is 5.08. The molecule has 0 aliphatic carbocycles. The molecule has 0 rings (SSSR count). The van der Waals surface area contributed by atoms with Crippen molar-refractivity contribution in [2.45, 2.75) is 20.3 Å². The Morgan fingerprint density at radius 3 is 2.53 bits per heavy atom. The van der Waals surface area contributed by atoms with Crippen LogP contribution in [-0.2, 0) is 19.4 Å². The predicted molar refractivity (Wildman–Crippen MR) is 58.4 cm³/mol. The highest BCUT2D eigenvalue weighted by molar-refractivity contribution is 7.92. The van der Waals surface area contributed by atoms with Gasteiger partial charge in [0, 0.05) is 0 Å². The molecule has 1 N–H and O–H groups in total. The molecule has 0 heterocycles. The van der Waals surface area contributed by atoms with Crippen LogP contribution in [-0.4, -0.2) is 45.6 Å². The van der Waals surface area contributed by atoms with Gasteiger partial charge >= 0.3 is 5.97 Å². The van der Waals surface area contributed by atoms with Crippen molar-refractivity contribution >= 4 is 15.8 Å². The van der Waals surface area contributed by atoms with Gasteiger partial charge in [0.2, 0.25) is 0 Å². The molecular formula is C9H19NO4S. The lowest BCUT2D eigenvalue weighted by Crippen LogP contribution is -2.23. The SMILES string of the molecule is CCNCCCS(=O)(=O)CC(=O)OCC. The number of esters is 1. The molecular weight excluding hydrogens is 218 g/mol. The highest BCUT2D eigenvalue weighted by atomic mass is 32.2. The van der Waals surface area contributed by atoms with Gasteiger partial charge in [0.25, 0.3) is 0 Å². The predicted octanol–water partition coefficient (Wildman–Crippen LogP) is -0.0361. The van der Waals surface area contributed by atoms with E-state index in [0.717, 1.165) is 6.54 Å². The van der Waals surface area contributed by atoms with Crippen LogP contribution in [0.15, 0.2) is 0 Å². The second kappa shape index (κ2) is 7.64. The van der Waals surface area contributed by atoms with Crippen molar-refractivity contribution in [3.05, 3.63) is 0 Å². The minimum Gasteiger partial charge on any atom is -0.465 e. The highest BCUT2D eigenvalue weighted by Crippen LogP contribution is 1.95. The van der Waals surface area contributed by atoms with Gasteiger partial charge in [0.1, 0.15) is 5.75 Å². The van der Waals surface area contributed by atoms with Crippen molar-refractivity contribution in [1.29, 1.82) is 0 Å². The Labute approximate surface area is 91.1 Å². The van der Waals surface area contributed by atoms with Gasteiger partial charge in [-0.05, 0) is 26.4 Å². The third-order valence-electron chi connectivity index (χ3n) is 1.70. The van der Waals surface area contributed by atoms with E-state index < -0.39 is 21.6 Å². The van der Waals surface area contributed by atoms with Crippen LogP contribution in [0.3, 0.4) is 0 Å². The van der Waals surface area contributed by atoms with Gasteiger partial charge < -0.3 is 10.1 Å². The summed E-state index contributed by atoms with van der Waals surface area (Å²) in [6.07, 6.45) is 0.523. The molecule has 0 saturated carbocycles. The Morgan fingerprint density at radius 2 is 2.00 bits per heavy atom. The maximum Gasteiger partial charge on any atom is 0.321 e. The lowest BCUT2D eigenvalue weighted by atomic mass is 10.5. The minimum atomic E-state index is -3.30. The first kappa shape index (κ1) is 14.4. The number of nitrogens with one attached hydrogen (secondary N) is 1. The zero-order valence-corrected chi connectivity index (χ0v) is 10.1. The summed E-state index contributed by atoms with van der Waals surface area (Å²) >= 11 is 0. The fraction of sp³-hybridized carbons (Fsp3) is 0.889. The van der Waals surface area contributed by atoms with E-state index in [1.807, 2.05) is 6.92 Å².